The summed E-state index contributed by atoms with van der Waals surface area (Å²) >= 11 is 1.45. The minimum atomic E-state index is -0.103. The molecule has 1 heterocycles. The average Bonchev–Trinajstić information content (AvgIpc) is 3.33. The number of thioether (sulfide) groups is 1. The van der Waals surface area contributed by atoms with Crippen LogP contribution < -0.4 is 5.32 Å². The number of rotatable bonds is 9. The van der Waals surface area contributed by atoms with E-state index < -0.39 is 0 Å². The third-order valence-electron chi connectivity index (χ3n) is 5.79. The molecule has 0 aromatic heterocycles. The highest BCUT2D eigenvalue weighted by Gasteiger charge is 2.20. The number of amides is 2. The summed E-state index contributed by atoms with van der Waals surface area (Å²) in [6.45, 7) is 4.37. The van der Waals surface area contributed by atoms with Crippen LogP contribution >= 0.6 is 11.8 Å². The van der Waals surface area contributed by atoms with Crippen LogP contribution in [-0.2, 0) is 11.2 Å². The van der Waals surface area contributed by atoms with Crippen molar-refractivity contribution in [2.24, 2.45) is 0 Å². The predicted molar refractivity (Wildman–Crippen MR) is 128 cm³/mol. The molecule has 1 unspecified atom stereocenters. The number of likely N-dealkylation sites (tertiary alicyclic amines) is 1. The van der Waals surface area contributed by atoms with Crippen molar-refractivity contribution < 1.29 is 9.59 Å². The van der Waals surface area contributed by atoms with E-state index in [1.165, 1.54) is 22.9 Å². The number of nitrogens with one attached hydrogen (secondary N) is 1. The molecule has 5 nitrogen and oxygen atoms in total. The lowest BCUT2D eigenvalue weighted by molar-refractivity contribution is -0.127. The summed E-state index contributed by atoms with van der Waals surface area (Å²) in [6, 6.07) is 16.2. The largest absolute Gasteiger partial charge is 0.350 e. The first-order valence-corrected chi connectivity index (χ1v) is 12.0. The zero-order valence-electron chi connectivity index (χ0n) is 18.8. The normalized spacial score (nSPS) is 14.6. The molecule has 0 bridgehead atoms. The van der Waals surface area contributed by atoms with E-state index in [-0.39, 0.29) is 17.9 Å². The van der Waals surface area contributed by atoms with Gasteiger partial charge in [0, 0.05) is 24.5 Å². The minimum absolute atomic E-state index is 0.0893. The molecule has 2 amide bonds. The van der Waals surface area contributed by atoms with Crippen molar-refractivity contribution in [1.82, 2.24) is 15.1 Å². The van der Waals surface area contributed by atoms with Gasteiger partial charge in [0.2, 0.25) is 5.91 Å². The Morgan fingerprint density at radius 1 is 1.06 bits per heavy atom. The second-order valence-corrected chi connectivity index (χ2v) is 9.17. The Bertz CT molecular complexity index is 877. The molecule has 0 radical (unpaired) electrons. The number of benzene rings is 2. The van der Waals surface area contributed by atoms with Crippen LogP contribution in [0.25, 0.3) is 0 Å². The first kappa shape index (κ1) is 23.4. The SMILES string of the molecule is CCc1ccc(C(CNC(=O)c2ccccc2SCC(=O)N2CCCC2)N(C)C)cc1. The first-order valence-electron chi connectivity index (χ1n) is 11.0. The minimum Gasteiger partial charge on any atom is -0.350 e. The lowest BCUT2D eigenvalue weighted by Crippen LogP contribution is -2.34. The van der Waals surface area contributed by atoms with Crippen LogP contribution in [0.2, 0.25) is 0 Å². The maximum absolute atomic E-state index is 13.0. The molecule has 31 heavy (non-hydrogen) atoms. The fourth-order valence-corrected chi connectivity index (χ4v) is 4.79. The third kappa shape index (κ3) is 6.34. The lowest BCUT2D eigenvalue weighted by atomic mass is 10.0. The Balaban J connectivity index is 1.63. The van der Waals surface area contributed by atoms with E-state index >= 15 is 0 Å². The van der Waals surface area contributed by atoms with E-state index in [1.54, 1.807) is 0 Å². The van der Waals surface area contributed by atoms with E-state index in [2.05, 4.69) is 41.4 Å². The molecular weight excluding hydrogens is 406 g/mol. The highest BCUT2D eigenvalue weighted by Crippen LogP contribution is 2.24. The number of carbonyl (C=O) groups is 2. The van der Waals surface area contributed by atoms with Gasteiger partial charge in [0.25, 0.3) is 5.91 Å². The summed E-state index contributed by atoms with van der Waals surface area (Å²) in [5.74, 6) is 0.420. The van der Waals surface area contributed by atoms with Crippen molar-refractivity contribution in [2.45, 2.75) is 37.1 Å². The number of aryl methyl sites for hydroxylation is 1. The molecule has 6 heteroatoms. The van der Waals surface area contributed by atoms with Gasteiger partial charge in [-0.25, -0.2) is 0 Å². The van der Waals surface area contributed by atoms with E-state index in [0.29, 0.717) is 17.9 Å². The summed E-state index contributed by atoms with van der Waals surface area (Å²) < 4.78 is 0. The number of hydrogen-bond donors (Lipinski definition) is 1. The monoisotopic (exact) mass is 439 g/mol. The van der Waals surface area contributed by atoms with E-state index in [4.69, 9.17) is 0 Å². The topological polar surface area (TPSA) is 52.7 Å². The first-order chi connectivity index (χ1) is 15.0. The van der Waals surface area contributed by atoms with E-state index in [1.807, 2.05) is 43.3 Å². The maximum Gasteiger partial charge on any atom is 0.252 e. The van der Waals surface area contributed by atoms with Crippen molar-refractivity contribution in [3.05, 3.63) is 65.2 Å². The molecule has 3 rings (SSSR count). The lowest BCUT2D eigenvalue weighted by Gasteiger charge is -2.25. The van der Waals surface area contributed by atoms with Gasteiger partial charge >= 0.3 is 0 Å². The van der Waals surface area contributed by atoms with Gasteiger partial charge in [-0.15, -0.1) is 11.8 Å². The zero-order valence-corrected chi connectivity index (χ0v) is 19.6. The van der Waals surface area contributed by atoms with Crippen molar-refractivity contribution in [2.75, 3.05) is 39.5 Å². The number of hydrogen-bond acceptors (Lipinski definition) is 4. The quantitative estimate of drug-likeness (QED) is 0.600. The van der Waals surface area contributed by atoms with E-state index in [9.17, 15) is 9.59 Å². The van der Waals surface area contributed by atoms with Gasteiger partial charge in [-0.2, -0.15) is 0 Å². The summed E-state index contributed by atoms with van der Waals surface area (Å²) in [5.41, 5.74) is 3.11. The van der Waals surface area contributed by atoms with Gasteiger partial charge in [-0.05, 0) is 56.6 Å². The van der Waals surface area contributed by atoms with Gasteiger partial charge in [0.15, 0.2) is 0 Å². The molecule has 1 fully saturated rings. The molecular formula is C25H33N3O2S. The molecule has 1 N–H and O–H groups in total. The maximum atomic E-state index is 13.0. The molecule has 0 saturated carbocycles. The summed E-state index contributed by atoms with van der Waals surface area (Å²) in [6.07, 6.45) is 3.19. The van der Waals surface area contributed by atoms with Crippen LogP contribution in [0.4, 0.5) is 0 Å². The smallest absolute Gasteiger partial charge is 0.252 e. The summed E-state index contributed by atoms with van der Waals surface area (Å²) in [5, 5.41) is 3.10. The second-order valence-electron chi connectivity index (χ2n) is 8.16. The molecule has 1 aliphatic rings. The Kier molecular flexibility index (Phi) is 8.55. The molecule has 0 spiro atoms. The zero-order chi connectivity index (χ0) is 22.2. The van der Waals surface area contributed by atoms with Gasteiger partial charge in [0.05, 0.1) is 17.4 Å². The van der Waals surface area contributed by atoms with Crippen LogP contribution in [0, 0.1) is 0 Å². The van der Waals surface area contributed by atoms with Crippen molar-refractivity contribution >= 4 is 23.6 Å². The molecule has 1 atom stereocenters. The third-order valence-corrected chi connectivity index (χ3v) is 6.85. The Hall–Kier alpha value is -2.31. The van der Waals surface area contributed by atoms with Gasteiger partial charge < -0.3 is 15.1 Å². The summed E-state index contributed by atoms with van der Waals surface area (Å²) in [4.78, 5) is 30.3. The van der Waals surface area contributed by atoms with Crippen LogP contribution in [0.5, 0.6) is 0 Å². The summed E-state index contributed by atoms with van der Waals surface area (Å²) in [7, 11) is 4.05. The fourth-order valence-electron chi connectivity index (χ4n) is 3.84. The Morgan fingerprint density at radius 2 is 1.74 bits per heavy atom. The highest BCUT2D eigenvalue weighted by atomic mass is 32.2. The van der Waals surface area contributed by atoms with Crippen LogP contribution in [0.15, 0.2) is 53.4 Å². The standard InChI is InChI=1S/C25H33N3O2S/c1-4-19-11-13-20(14-12-19)22(27(2)3)17-26-25(30)21-9-5-6-10-23(21)31-18-24(29)28-15-7-8-16-28/h5-6,9-14,22H,4,7-8,15-18H2,1-3H3,(H,26,30). The fraction of sp³-hybridized carbons (Fsp3) is 0.440. The number of carbonyl (C=O) groups excluding carboxylic acids is 2. The van der Waals surface area contributed by atoms with Crippen LogP contribution in [0.1, 0.15) is 47.3 Å². The highest BCUT2D eigenvalue weighted by molar-refractivity contribution is 8.00. The molecule has 1 saturated heterocycles. The van der Waals surface area contributed by atoms with Crippen LogP contribution in [0.3, 0.4) is 0 Å². The van der Waals surface area contributed by atoms with Crippen molar-refractivity contribution in [3.63, 3.8) is 0 Å². The Morgan fingerprint density at radius 3 is 2.39 bits per heavy atom. The van der Waals surface area contributed by atoms with E-state index in [0.717, 1.165) is 37.2 Å². The van der Waals surface area contributed by atoms with Gasteiger partial charge in [0.1, 0.15) is 0 Å². The molecule has 0 aliphatic carbocycles. The second kappa shape index (κ2) is 11.3. The molecule has 1 aliphatic heterocycles. The molecule has 166 valence electrons. The van der Waals surface area contributed by atoms with Gasteiger partial charge in [-0.1, -0.05) is 43.3 Å². The molecule has 2 aromatic carbocycles. The number of likely N-dealkylation sites (N-methyl/N-ethyl adjacent to an activating group) is 1. The average molecular weight is 440 g/mol. The van der Waals surface area contributed by atoms with Crippen LogP contribution in [-0.4, -0.2) is 61.1 Å². The van der Waals surface area contributed by atoms with Crippen molar-refractivity contribution in [1.29, 1.82) is 0 Å². The number of nitrogens with zero attached hydrogens (tertiary/aromatic N) is 2. The van der Waals surface area contributed by atoms with Crippen molar-refractivity contribution in [3.8, 4) is 0 Å². The predicted octanol–water partition coefficient (Wildman–Crippen LogP) is 4.00. The van der Waals surface area contributed by atoms with Gasteiger partial charge in [-0.3, -0.25) is 9.59 Å². The molecule has 2 aromatic rings. The Labute approximate surface area is 190 Å².